The molecule has 3 rings (SSSR count). The summed E-state index contributed by atoms with van der Waals surface area (Å²) in [5, 5.41) is 9.09. The van der Waals surface area contributed by atoms with E-state index in [1.54, 1.807) is 0 Å². The Morgan fingerprint density at radius 1 is 1.14 bits per heavy atom. The molecule has 2 fully saturated rings. The predicted octanol–water partition coefficient (Wildman–Crippen LogP) is 0.923. The van der Waals surface area contributed by atoms with Crippen molar-refractivity contribution in [3.63, 3.8) is 0 Å². The van der Waals surface area contributed by atoms with Crippen LogP contribution < -0.4 is 9.80 Å². The zero-order chi connectivity index (χ0) is 15.5. The lowest BCUT2D eigenvalue weighted by molar-refractivity contribution is -0.142. The van der Waals surface area contributed by atoms with E-state index in [1.807, 2.05) is 13.0 Å². The lowest BCUT2D eigenvalue weighted by Crippen LogP contribution is -2.38. The van der Waals surface area contributed by atoms with Gasteiger partial charge in [-0.25, -0.2) is 9.97 Å². The lowest BCUT2D eigenvalue weighted by Gasteiger charge is -2.33. The molecule has 1 aromatic heterocycles. The Kier molecular flexibility index (Phi) is 4.42. The number of piperidine rings is 1. The van der Waals surface area contributed by atoms with E-state index in [0.29, 0.717) is 12.8 Å². The van der Waals surface area contributed by atoms with Gasteiger partial charge in [0, 0.05) is 32.2 Å². The van der Waals surface area contributed by atoms with Gasteiger partial charge in [0.05, 0.1) is 19.1 Å². The number of aliphatic carboxylic acids is 1. The minimum Gasteiger partial charge on any atom is -0.481 e. The van der Waals surface area contributed by atoms with Crippen LogP contribution in [0.5, 0.6) is 0 Å². The van der Waals surface area contributed by atoms with Gasteiger partial charge in [-0.05, 0) is 19.8 Å². The van der Waals surface area contributed by atoms with E-state index in [2.05, 4.69) is 19.8 Å². The van der Waals surface area contributed by atoms with E-state index in [0.717, 1.165) is 56.9 Å². The predicted molar refractivity (Wildman–Crippen MR) is 82.4 cm³/mol. The van der Waals surface area contributed by atoms with Crippen LogP contribution in [0, 0.1) is 12.8 Å². The van der Waals surface area contributed by atoms with Crippen molar-refractivity contribution in [1.82, 2.24) is 9.97 Å². The summed E-state index contributed by atoms with van der Waals surface area (Å²) < 4.78 is 5.38. The topological polar surface area (TPSA) is 78.8 Å². The maximum Gasteiger partial charge on any atom is 0.306 e. The zero-order valence-electron chi connectivity index (χ0n) is 12.9. The molecule has 0 aliphatic carbocycles. The quantitative estimate of drug-likeness (QED) is 0.889. The molecular weight excluding hydrogens is 284 g/mol. The van der Waals surface area contributed by atoms with Crippen molar-refractivity contribution in [3.8, 4) is 0 Å². The molecule has 1 aromatic rings. The third-order valence-electron chi connectivity index (χ3n) is 4.31. The summed E-state index contributed by atoms with van der Waals surface area (Å²) in [5.74, 6) is 1.67. The first kappa shape index (κ1) is 15.0. The Morgan fingerprint density at radius 2 is 1.68 bits per heavy atom. The molecule has 0 spiro atoms. The number of hydrogen-bond donors (Lipinski definition) is 1. The summed E-state index contributed by atoms with van der Waals surface area (Å²) in [6.07, 6.45) is 1.34. The maximum absolute atomic E-state index is 11.0. The maximum atomic E-state index is 11.0. The molecule has 22 heavy (non-hydrogen) atoms. The first-order valence-corrected chi connectivity index (χ1v) is 7.79. The molecule has 0 amide bonds. The standard InChI is InChI=1S/C15H22N4O3/c1-11-16-13(18-4-2-12(3-5-18)15(20)21)10-14(17-11)19-6-8-22-9-7-19/h10,12H,2-9H2,1H3,(H,20,21). The molecule has 120 valence electrons. The van der Waals surface area contributed by atoms with Gasteiger partial charge in [0.25, 0.3) is 0 Å². The van der Waals surface area contributed by atoms with Crippen molar-refractivity contribution in [2.45, 2.75) is 19.8 Å². The first-order valence-electron chi connectivity index (χ1n) is 7.79. The summed E-state index contributed by atoms with van der Waals surface area (Å²) in [7, 11) is 0. The molecule has 0 bridgehead atoms. The van der Waals surface area contributed by atoms with E-state index >= 15 is 0 Å². The molecule has 0 unspecified atom stereocenters. The zero-order valence-corrected chi connectivity index (χ0v) is 12.9. The minimum atomic E-state index is -0.687. The molecule has 2 aliphatic rings. The Bertz CT molecular complexity index is 538. The SMILES string of the molecule is Cc1nc(N2CCOCC2)cc(N2CCC(C(=O)O)CC2)n1. The van der Waals surface area contributed by atoms with Crippen molar-refractivity contribution in [3.05, 3.63) is 11.9 Å². The van der Waals surface area contributed by atoms with Gasteiger partial charge >= 0.3 is 5.97 Å². The third-order valence-corrected chi connectivity index (χ3v) is 4.31. The highest BCUT2D eigenvalue weighted by atomic mass is 16.5. The molecular formula is C15H22N4O3. The fraction of sp³-hybridized carbons (Fsp3) is 0.667. The Morgan fingerprint density at radius 3 is 2.23 bits per heavy atom. The van der Waals surface area contributed by atoms with Crippen LogP contribution in [0.4, 0.5) is 11.6 Å². The van der Waals surface area contributed by atoms with Crippen LogP contribution in [0.25, 0.3) is 0 Å². The van der Waals surface area contributed by atoms with Gasteiger partial charge in [-0.2, -0.15) is 0 Å². The van der Waals surface area contributed by atoms with E-state index in [-0.39, 0.29) is 5.92 Å². The highest BCUT2D eigenvalue weighted by Gasteiger charge is 2.26. The number of anilines is 2. The fourth-order valence-corrected chi connectivity index (χ4v) is 3.01. The van der Waals surface area contributed by atoms with Gasteiger partial charge in [0.1, 0.15) is 17.5 Å². The van der Waals surface area contributed by atoms with Crippen molar-refractivity contribution >= 4 is 17.6 Å². The number of aryl methyl sites for hydroxylation is 1. The van der Waals surface area contributed by atoms with Gasteiger partial charge in [0.2, 0.25) is 0 Å². The highest BCUT2D eigenvalue weighted by Crippen LogP contribution is 2.25. The molecule has 1 N–H and O–H groups in total. The number of nitrogens with zero attached hydrogens (tertiary/aromatic N) is 4. The Labute approximate surface area is 129 Å². The molecule has 2 aliphatic heterocycles. The molecule has 7 nitrogen and oxygen atoms in total. The van der Waals surface area contributed by atoms with Crippen LogP contribution in [0.1, 0.15) is 18.7 Å². The van der Waals surface area contributed by atoms with Gasteiger partial charge in [0.15, 0.2) is 0 Å². The second-order valence-corrected chi connectivity index (χ2v) is 5.83. The van der Waals surface area contributed by atoms with Crippen LogP contribution >= 0.6 is 0 Å². The summed E-state index contributed by atoms with van der Waals surface area (Å²) in [5.41, 5.74) is 0. The third kappa shape index (κ3) is 3.30. The average molecular weight is 306 g/mol. The number of carboxylic acids is 1. The van der Waals surface area contributed by atoms with Crippen molar-refractivity contribution in [1.29, 1.82) is 0 Å². The number of carboxylic acid groups (broad SMARTS) is 1. The second kappa shape index (κ2) is 6.48. The molecule has 0 radical (unpaired) electrons. The van der Waals surface area contributed by atoms with Crippen molar-refractivity contribution < 1.29 is 14.6 Å². The van der Waals surface area contributed by atoms with Gasteiger partial charge in [-0.1, -0.05) is 0 Å². The Hall–Kier alpha value is -1.89. The highest BCUT2D eigenvalue weighted by molar-refractivity contribution is 5.70. The average Bonchev–Trinajstić information content (AvgIpc) is 2.55. The smallest absolute Gasteiger partial charge is 0.306 e. The van der Waals surface area contributed by atoms with E-state index in [4.69, 9.17) is 9.84 Å². The van der Waals surface area contributed by atoms with Crippen LogP contribution in [0.2, 0.25) is 0 Å². The number of morpholine rings is 1. The lowest BCUT2D eigenvalue weighted by atomic mass is 9.97. The molecule has 3 heterocycles. The number of ether oxygens (including phenoxy) is 1. The van der Waals surface area contributed by atoms with E-state index in [9.17, 15) is 4.79 Å². The monoisotopic (exact) mass is 306 g/mol. The summed E-state index contributed by atoms with van der Waals surface area (Å²) >= 11 is 0. The van der Waals surface area contributed by atoms with Crippen molar-refractivity contribution in [2.75, 3.05) is 49.2 Å². The number of rotatable bonds is 3. The minimum absolute atomic E-state index is 0.224. The second-order valence-electron chi connectivity index (χ2n) is 5.83. The van der Waals surface area contributed by atoms with Gasteiger partial charge < -0.3 is 19.6 Å². The number of hydrogen-bond acceptors (Lipinski definition) is 6. The van der Waals surface area contributed by atoms with Gasteiger partial charge in [-0.15, -0.1) is 0 Å². The fourth-order valence-electron chi connectivity index (χ4n) is 3.01. The van der Waals surface area contributed by atoms with Crippen LogP contribution in [0.15, 0.2) is 6.07 Å². The molecule has 0 saturated carbocycles. The van der Waals surface area contributed by atoms with Crippen LogP contribution in [-0.4, -0.2) is 60.4 Å². The van der Waals surface area contributed by atoms with Crippen LogP contribution in [-0.2, 0) is 9.53 Å². The van der Waals surface area contributed by atoms with Gasteiger partial charge in [-0.3, -0.25) is 4.79 Å². The summed E-state index contributed by atoms with van der Waals surface area (Å²) in [4.78, 5) is 24.5. The Balaban J connectivity index is 1.74. The number of carbonyl (C=O) groups is 1. The molecule has 2 saturated heterocycles. The van der Waals surface area contributed by atoms with Crippen molar-refractivity contribution in [2.24, 2.45) is 5.92 Å². The summed E-state index contributed by atoms with van der Waals surface area (Å²) in [6, 6.07) is 2.01. The normalized spacial score (nSPS) is 20.2. The summed E-state index contributed by atoms with van der Waals surface area (Å²) in [6.45, 7) is 6.50. The van der Waals surface area contributed by atoms with E-state index in [1.165, 1.54) is 0 Å². The molecule has 0 atom stereocenters. The van der Waals surface area contributed by atoms with Crippen LogP contribution in [0.3, 0.4) is 0 Å². The first-order chi connectivity index (χ1) is 10.6. The number of aromatic nitrogens is 2. The largest absolute Gasteiger partial charge is 0.481 e. The molecule has 0 aromatic carbocycles. The van der Waals surface area contributed by atoms with E-state index < -0.39 is 5.97 Å². The molecule has 7 heteroatoms.